The number of carbonyl (C=O) groups is 2. The molecular weight excluding hydrogens is 729 g/mol. The predicted octanol–water partition coefficient (Wildman–Crippen LogP) is 11.1. The van der Waals surface area contributed by atoms with Crippen LogP contribution in [-0.4, -0.2) is 37.5 Å². The van der Waals surface area contributed by atoms with Crippen molar-refractivity contribution in [2.24, 2.45) is 10.2 Å². The maximum Gasteiger partial charge on any atom is 0.285 e. The molecule has 2 N–H and O–H groups in total. The molecule has 9 heteroatoms. The molecule has 2 aliphatic rings. The molecule has 7 rings (SSSR count). The van der Waals surface area contributed by atoms with Crippen molar-refractivity contribution in [3.05, 3.63) is 128 Å². The molecule has 5 aromatic rings. The third-order valence-electron chi connectivity index (χ3n) is 10.6. The third kappa shape index (κ3) is 9.71. The van der Waals surface area contributed by atoms with Crippen LogP contribution >= 0.6 is 11.3 Å². The fourth-order valence-corrected chi connectivity index (χ4v) is 8.61. The fraction of sp³-hybridized carbons (Fsp3) is 0.333. The molecule has 0 saturated carbocycles. The maximum absolute atomic E-state index is 13.9. The predicted molar refractivity (Wildman–Crippen MR) is 232 cm³/mol. The molecule has 8 nitrogen and oxygen atoms in total. The Morgan fingerprint density at radius 3 is 1.44 bits per heavy atom. The Morgan fingerprint density at radius 2 is 0.982 bits per heavy atom. The largest absolute Gasteiger partial charge is 0.488 e. The zero-order valence-electron chi connectivity index (χ0n) is 33.1. The molecular formula is C48H52N4O4S. The summed E-state index contributed by atoms with van der Waals surface area (Å²) in [5, 5.41) is 8.67. The molecule has 0 fully saturated rings. The quantitative estimate of drug-likeness (QED) is 0.0457. The van der Waals surface area contributed by atoms with E-state index in [1.165, 1.54) is 44.5 Å². The van der Waals surface area contributed by atoms with Gasteiger partial charge in [0.05, 0.1) is 25.6 Å². The van der Waals surface area contributed by atoms with Gasteiger partial charge in [-0.15, -0.1) is 11.3 Å². The molecule has 2 aliphatic carbocycles. The average molecular weight is 781 g/mol. The van der Waals surface area contributed by atoms with Crippen molar-refractivity contribution < 1.29 is 19.1 Å². The molecule has 1 aromatic heterocycles. The van der Waals surface area contributed by atoms with Gasteiger partial charge in [-0.25, -0.2) is 10.9 Å². The number of fused-ring (bicyclic) bond motifs is 6. The van der Waals surface area contributed by atoms with Gasteiger partial charge in [0.15, 0.2) is 11.5 Å². The van der Waals surface area contributed by atoms with E-state index < -0.39 is 11.8 Å². The van der Waals surface area contributed by atoms with E-state index in [9.17, 15) is 9.59 Å². The first-order valence-corrected chi connectivity index (χ1v) is 21.4. The van der Waals surface area contributed by atoms with Crippen molar-refractivity contribution >= 4 is 35.6 Å². The zero-order valence-corrected chi connectivity index (χ0v) is 33.9. The second-order valence-corrected chi connectivity index (χ2v) is 15.9. The number of carbonyl (C=O) groups excluding carboxylic acids is 2. The van der Waals surface area contributed by atoms with E-state index in [-0.39, 0.29) is 21.3 Å². The Morgan fingerprint density at radius 1 is 0.561 bits per heavy atom. The summed E-state index contributed by atoms with van der Waals surface area (Å²) >= 11 is 1.04. The summed E-state index contributed by atoms with van der Waals surface area (Å²) in [6.45, 7) is 5.17. The molecule has 2 amide bonds. The van der Waals surface area contributed by atoms with Crippen LogP contribution in [0.3, 0.4) is 0 Å². The van der Waals surface area contributed by atoms with E-state index >= 15 is 0 Å². The summed E-state index contributed by atoms with van der Waals surface area (Å²) in [7, 11) is 0. The Labute approximate surface area is 340 Å². The van der Waals surface area contributed by atoms with Crippen LogP contribution in [-0.2, 0) is 12.8 Å². The molecule has 1 heterocycles. The number of hydrogen-bond acceptors (Lipinski definition) is 7. The highest BCUT2D eigenvalue weighted by Crippen LogP contribution is 2.43. The molecule has 0 saturated heterocycles. The number of benzene rings is 4. The van der Waals surface area contributed by atoms with E-state index in [4.69, 9.17) is 9.47 Å². The molecule has 294 valence electrons. The number of hydrogen-bond donors (Lipinski definition) is 2. The van der Waals surface area contributed by atoms with E-state index in [0.29, 0.717) is 13.2 Å². The van der Waals surface area contributed by atoms with E-state index in [0.717, 1.165) is 99.5 Å². The summed E-state index contributed by atoms with van der Waals surface area (Å²) in [5.41, 5.74) is 17.2. The normalized spacial score (nSPS) is 12.4. The van der Waals surface area contributed by atoms with Crippen molar-refractivity contribution in [2.45, 2.75) is 90.9 Å². The first-order valence-electron chi connectivity index (χ1n) is 20.6. The van der Waals surface area contributed by atoms with Gasteiger partial charge in [0.2, 0.25) is 0 Å². The minimum absolute atomic E-state index is 0.235. The van der Waals surface area contributed by atoms with Crippen LogP contribution in [0.1, 0.15) is 131 Å². The van der Waals surface area contributed by atoms with E-state index in [1.54, 1.807) is 12.4 Å². The molecule has 0 unspecified atom stereocenters. The Hall–Kier alpha value is -5.54. The van der Waals surface area contributed by atoms with Gasteiger partial charge in [0.25, 0.3) is 11.8 Å². The second kappa shape index (κ2) is 19.6. The number of rotatable bonds is 20. The summed E-state index contributed by atoms with van der Waals surface area (Å²) in [5.74, 6) is -0.390. The van der Waals surface area contributed by atoms with Gasteiger partial charge < -0.3 is 9.47 Å². The number of nitrogens with one attached hydrogen (secondary N) is 2. The minimum atomic E-state index is -0.472. The maximum atomic E-state index is 13.9. The SMILES string of the molecule is CCCCCCCOc1c(C(=O)N/N=C\c2ccc3c(c2)Cc2ccccc2-3)sc(C(=O)N/N=C\c2ccc3c(c2)Cc2ccccc2-3)c1OCCCCCCC. The highest BCUT2D eigenvalue weighted by Gasteiger charge is 2.30. The van der Waals surface area contributed by atoms with Crippen molar-refractivity contribution in [3.63, 3.8) is 0 Å². The number of thiophene rings is 1. The van der Waals surface area contributed by atoms with Crippen molar-refractivity contribution in [3.8, 4) is 33.8 Å². The lowest BCUT2D eigenvalue weighted by Gasteiger charge is -2.12. The molecule has 0 bridgehead atoms. The summed E-state index contributed by atoms with van der Waals surface area (Å²) < 4.78 is 12.7. The van der Waals surface area contributed by atoms with Gasteiger partial charge >= 0.3 is 0 Å². The minimum Gasteiger partial charge on any atom is -0.488 e. The van der Waals surface area contributed by atoms with Gasteiger partial charge in [-0.05, 0) is 93.5 Å². The Bertz CT molecular complexity index is 2100. The Balaban J connectivity index is 1.09. The standard InChI is InChI=1S/C48H52N4O4S/c1-3-5-7-9-15-25-55-43-44(56-26-16-10-8-6-4-2)46(48(54)52-50-32-34-22-24-42-38(28-34)30-36-18-12-14-20-40(36)42)57-45(43)47(53)51-49-31-33-21-23-41-37(27-33)29-35-17-11-13-19-39(35)41/h11-14,17-24,27-28,31-32H,3-10,15-16,25-26,29-30H2,1-2H3,(H,51,53)(H,52,54)/b49-31-,50-32-. The van der Waals surface area contributed by atoms with Crippen LogP contribution in [0.15, 0.2) is 95.1 Å². The van der Waals surface area contributed by atoms with Crippen molar-refractivity contribution in [1.29, 1.82) is 0 Å². The first kappa shape index (κ1) is 39.7. The third-order valence-corrected chi connectivity index (χ3v) is 11.8. The summed E-state index contributed by atoms with van der Waals surface area (Å²) in [6, 6.07) is 29.3. The van der Waals surface area contributed by atoms with Gasteiger partial charge in [0, 0.05) is 0 Å². The summed E-state index contributed by atoms with van der Waals surface area (Å²) in [6.07, 6.45) is 15.6. The van der Waals surface area contributed by atoms with Crippen LogP contribution in [0.2, 0.25) is 0 Å². The number of amides is 2. The van der Waals surface area contributed by atoms with Crippen LogP contribution in [0, 0.1) is 0 Å². The van der Waals surface area contributed by atoms with Crippen LogP contribution in [0.4, 0.5) is 0 Å². The number of unbranched alkanes of at least 4 members (excludes halogenated alkanes) is 8. The first-order chi connectivity index (χ1) is 28.0. The topological polar surface area (TPSA) is 101 Å². The number of hydrazone groups is 2. The van der Waals surface area contributed by atoms with Gasteiger partial charge in [0.1, 0.15) is 9.75 Å². The van der Waals surface area contributed by atoms with Gasteiger partial charge in [-0.1, -0.05) is 138 Å². The molecule has 0 atom stereocenters. The van der Waals surface area contributed by atoms with Crippen LogP contribution in [0.25, 0.3) is 22.3 Å². The lowest BCUT2D eigenvalue weighted by Crippen LogP contribution is -2.17. The average Bonchev–Trinajstić information content (AvgIpc) is 3.91. The Kier molecular flexibility index (Phi) is 13.6. The van der Waals surface area contributed by atoms with Crippen LogP contribution < -0.4 is 20.3 Å². The lowest BCUT2D eigenvalue weighted by atomic mass is 10.0. The number of nitrogens with zero attached hydrogens (tertiary/aromatic N) is 2. The molecule has 0 spiro atoms. The van der Waals surface area contributed by atoms with Gasteiger partial charge in [-0.3, -0.25) is 9.59 Å². The second-order valence-electron chi connectivity index (χ2n) is 14.8. The van der Waals surface area contributed by atoms with Gasteiger partial charge in [-0.2, -0.15) is 10.2 Å². The number of ether oxygens (including phenoxy) is 2. The van der Waals surface area contributed by atoms with Crippen molar-refractivity contribution in [2.75, 3.05) is 13.2 Å². The molecule has 0 aliphatic heterocycles. The monoisotopic (exact) mass is 780 g/mol. The zero-order chi connectivity index (χ0) is 39.4. The van der Waals surface area contributed by atoms with Crippen LogP contribution in [0.5, 0.6) is 11.5 Å². The molecule has 57 heavy (non-hydrogen) atoms. The highest BCUT2D eigenvalue weighted by molar-refractivity contribution is 7.16. The molecule has 0 radical (unpaired) electrons. The van der Waals surface area contributed by atoms with Crippen molar-refractivity contribution in [1.82, 2.24) is 10.9 Å². The molecule has 4 aromatic carbocycles. The smallest absolute Gasteiger partial charge is 0.285 e. The van der Waals surface area contributed by atoms with E-state index in [2.05, 4.69) is 108 Å². The van der Waals surface area contributed by atoms with E-state index in [1.807, 2.05) is 12.1 Å². The fourth-order valence-electron chi connectivity index (χ4n) is 7.64. The lowest BCUT2D eigenvalue weighted by molar-refractivity contribution is 0.0945. The summed E-state index contributed by atoms with van der Waals surface area (Å²) in [4.78, 5) is 28.2. The highest BCUT2D eigenvalue weighted by atomic mass is 32.1.